The third-order valence-corrected chi connectivity index (χ3v) is 5.88. The molecule has 1 aliphatic rings. The fourth-order valence-corrected chi connectivity index (χ4v) is 3.95. The van der Waals surface area contributed by atoms with Gasteiger partial charge in [0.15, 0.2) is 17.2 Å². The van der Waals surface area contributed by atoms with Crippen LogP contribution in [0.4, 0.5) is 32.0 Å². The van der Waals surface area contributed by atoms with Crippen molar-refractivity contribution in [1.29, 1.82) is 0 Å². The molecule has 184 valence electrons. The van der Waals surface area contributed by atoms with E-state index in [1.165, 1.54) is 0 Å². The minimum atomic E-state index is -4.95. The summed E-state index contributed by atoms with van der Waals surface area (Å²) in [5.74, 6) is -9.85. The van der Waals surface area contributed by atoms with Gasteiger partial charge in [0.1, 0.15) is 11.8 Å². The molecule has 0 saturated carbocycles. The summed E-state index contributed by atoms with van der Waals surface area (Å²) in [6.45, 7) is 1.87. The first-order valence-electron chi connectivity index (χ1n) is 9.76. The lowest BCUT2D eigenvalue weighted by atomic mass is 9.77. The van der Waals surface area contributed by atoms with Crippen LogP contribution in [-0.2, 0) is 9.53 Å². The molecule has 34 heavy (non-hydrogen) atoms. The number of hydrogen-bond donors (Lipinski definition) is 2. The summed E-state index contributed by atoms with van der Waals surface area (Å²) in [7, 11) is 0.991. The van der Waals surface area contributed by atoms with Crippen LogP contribution in [0.5, 0.6) is 5.75 Å². The molecule has 1 aromatic heterocycles. The maximum atomic E-state index is 14.4. The third kappa shape index (κ3) is 4.27. The number of hydrogen-bond acceptors (Lipinski definition) is 5. The van der Waals surface area contributed by atoms with Gasteiger partial charge in [-0.05, 0) is 19.1 Å². The number of methoxy groups -OCH3 is 1. The Morgan fingerprint density at radius 1 is 1.21 bits per heavy atom. The molecule has 0 aliphatic carbocycles. The second kappa shape index (κ2) is 8.78. The monoisotopic (exact) mass is 491 g/mol. The number of halogens is 6. The van der Waals surface area contributed by atoms with Crippen LogP contribution in [0.15, 0.2) is 24.3 Å². The number of benzene rings is 1. The minimum Gasteiger partial charge on any atom is -0.493 e. The first-order chi connectivity index (χ1) is 15.7. The van der Waals surface area contributed by atoms with Crippen molar-refractivity contribution in [3.05, 3.63) is 53.1 Å². The van der Waals surface area contributed by atoms with Crippen LogP contribution < -0.4 is 15.8 Å². The summed E-state index contributed by atoms with van der Waals surface area (Å²) in [6, 6.07) is 3.31. The number of ether oxygens (including phenoxy) is 2. The molecule has 1 fully saturated rings. The van der Waals surface area contributed by atoms with Gasteiger partial charge in [-0.3, -0.25) is 9.59 Å². The van der Waals surface area contributed by atoms with Gasteiger partial charge in [-0.15, -0.1) is 0 Å². The Bertz CT molecular complexity index is 1140. The summed E-state index contributed by atoms with van der Waals surface area (Å²) in [5.41, 5.74) is 1.07. The average Bonchev–Trinajstić information content (AvgIpc) is 3.01. The first kappa shape index (κ1) is 25.3. The second-order valence-corrected chi connectivity index (χ2v) is 7.86. The lowest BCUT2D eigenvalue weighted by molar-refractivity contribution is -0.272. The molecule has 1 aliphatic heterocycles. The number of nitrogens with two attached hydrogens (primary N) is 1. The number of carbonyl (C=O) groups is 2. The van der Waals surface area contributed by atoms with E-state index < -0.39 is 70.6 Å². The Morgan fingerprint density at radius 3 is 2.41 bits per heavy atom. The standard InChI is InChI=1S/C21H19F6N3O4/c1-8-14(10-4-5-11(22)15(24)16(10)33-3)17(34-20(8,2)21(25,26)27)19(32)29-9-6-12(18(28)31)30-13(23)7-9/h4-8,14,17H,1-3H3,(H2,28,31)(H,29,30,32)/t8-,14+,17+,20-/m0/s1. The maximum absolute atomic E-state index is 14.4. The van der Waals surface area contributed by atoms with E-state index in [-0.39, 0.29) is 11.3 Å². The maximum Gasteiger partial charge on any atom is 0.417 e. The molecule has 0 bridgehead atoms. The van der Waals surface area contributed by atoms with Gasteiger partial charge in [-0.25, -0.2) is 9.37 Å². The van der Waals surface area contributed by atoms with Crippen molar-refractivity contribution in [3.63, 3.8) is 0 Å². The van der Waals surface area contributed by atoms with Gasteiger partial charge in [-0.1, -0.05) is 13.0 Å². The van der Waals surface area contributed by atoms with Gasteiger partial charge in [0.2, 0.25) is 11.8 Å². The van der Waals surface area contributed by atoms with Crippen LogP contribution in [0.1, 0.15) is 35.8 Å². The van der Waals surface area contributed by atoms with Crippen molar-refractivity contribution in [3.8, 4) is 5.75 Å². The lowest BCUT2D eigenvalue weighted by Crippen LogP contribution is -2.47. The van der Waals surface area contributed by atoms with E-state index in [1.54, 1.807) is 0 Å². The highest BCUT2D eigenvalue weighted by atomic mass is 19.4. The molecule has 0 spiro atoms. The van der Waals surface area contributed by atoms with Gasteiger partial charge in [0.25, 0.3) is 11.8 Å². The van der Waals surface area contributed by atoms with Crippen LogP contribution in [0, 0.1) is 23.5 Å². The van der Waals surface area contributed by atoms with Gasteiger partial charge in [0.05, 0.1) is 7.11 Å². The van der Waals surface area contributed by atoms with E-state index in [9.17, 15) is 35.9 Å². The molecular formula is C21H19F6N3O4. The summed E-state index contributed by atoms with van der Waals surface area (Å²) < 4.78 is 93.7. The van der Waals surface area contributed by atoms with E-state index in [0.717, 1.165) is 33.1 Å². The zero-order valence-electron chi connectivity index (χ0n) is 18.0. The number of nitrogens with zero attached hydrogens (tertiary/aromatic N) is 1. The van der Waals surface area contributed by atoms with Gasteiger partial charge in [-0.2, -0.15) is 22.0 Å². The number of rotatable bonds is 5. The van der Waals surface area contributed by atoms with Crippen molar-refractivity contribution < 1.29 is 45.4 Å². The number of pyridine rings is 1. The molecular weight excluding hydrogens is 472 g/mol. The number of nitrogens with one attached hydrogen (secondary N) is 1. The minimum absolute atomic E-state index is 0.235. The number of amides is 2. The normalized spacial score (nSPS) is 24.7. The van der Waals surface area contributed by atoms with Crippen LogP contribution in [0.3, 0.4) is 0 Å². The van der Waals surface area contributed by atoms with Crippen molar-refractivity contribution in [2.24, 2.45) is 11.7 Å². The summed E-state index contributed by atoms with van der Waals surface area (Å²) >= 11 is 0. The molecule has 2 heterocycles. The first-order valence-corrected chi connectivity index (χ1v) is 9.76. The second-order valence-electron chi connectivity index (χ2n) is 7.86. The molecule has 4 atom stereocenters. The number of alkyl halides is 3. The Hall–Kier alpha value is -3.35. The highest BCUT2D eigenvalue weighted by Crippen LogP contribution is 2.55. The van der Waals surface area contributed by atoms with E-state index >= 15 is 0 Å². The molecule has 7 nitrogen and oxygen atoms in total. The molecule has 2 aromatic rings. The highest BCUT2D eigenvalue weighted by Gasteiger charge is 2.65. The topological polar surface area (TPSA) is 104 Å². The average molecular weight is 491 g/mol. The fraction of sp³-hybridized carbons (Fsp3) is 0.381. The fourth-order valence-electron chi connectivity index (χ4n) is 3.95. The number of primary amides is 1. The largest absolute Gasteiger partial charge is 0.493 e. The Morgan fingerprint density at radius 2 is 1.85 bits per heavy atom. The van der Waals surface area contributed by atoms with Crippen LogP contribution >= 0.6 is 0 Å². The molecule has 3 rings (SSSR count). The predicted octanol–water partition coefficient (Wildman–Crippen LogP) is 3.68. The van der Waals surface area contributed by atoms with Crippen molar-refractivity contribution in [2.45, 2.75) is 37.6 Å². The van der Waals surface area contributed by atoms with Crippen LogP contribution in [0.2, 0.25) is 0 Å². The smallest absolute Gasteiger partial charge is 0.417 e. The summed E-state index contributed by atoms with van der Waals surface area (Å²) in [6.07, 6.45) is -6.85. The van der Waals surface area contributed by atoms with Crippen molar-refractivity contribution >= 4 is 17.5 Å². The van der Waals surface area contributed by atoms with Gasteiger partial charge >= 0.3 is 6.18 Å². The molecule has 1 saturated heterocycles. The summed E-state index contributed by atoms with van der Waals surface area (Å²) in [5, 5.41) is 2.17. The SMILES string of the molecule is COc1c([C@@H]2[C@H](C(=O)Nc3cc(F)nc(C(N)=O)c3)O[C@](C)(C(F)(F)F)[C@H]2C)ccc(F)c1F. The van der Waals surface area contributed by atoms with Gasteiger partial charge < -0.3 is 20.5 Å². The Kier molecular flexibility index (Phi) is 6.53. The lowest BCUT2D eigenvalue weighted by Gasteiger charge is -2.32. The number of anilines is 1. The van der Waals surface area contributed by atoms with Crippen molar-refractivity contribution in [1.82, 2.24) is 4.98 Å². The zero-order valence-corrected chi connectivity index (χ0v) is 18.0. The van der Waals surface area contributed by atoms with Crippen molar-refractivity contribution in [2.75, 3.05) is 12.4 Å². The Balaban J connectivity index is 2.09. The highest BCUT2D eigenvalue weighted by molar-refractivity contribution is 5.97. The molecule has 0 radical (unpaired) electrons. The van der Waals surface area contributed by atoms with Gasteiger partial charge in [0, 0.05) is 29.2 Å². The number of carbonyl (C=O) groups excluding carboxylic acids is 2. The molecule has 2 amide bonds. The predicted molar refractivity (Wildman–Crippen MR) is 105 cm³/mol. The molecule has 3 N–H and O–H groups in total. The van der Waals surface area contributed by atoms with Crippen LogP contribution in [-0.4, -0.2) is 41.8 Å². The number of aromatic nitrogens is 1. The molecule has 0 unspecified atom stereocenters. The van der Waals surface area contributed by atoms with E-state index in [2.05, 4.69) is 10.3 Å². The zero-order chi connectivity index (χ0) is 25.6. The van der Waals surface area contributed by atoms with Crippen LogP contribution in [0.25, 0.3) is 0 Å². The molecule has 1 aromatic carbocycles. The molecule has 13 heteroatoms. The van der Waals surface area contributed by atoms with E-state index in [1.807, 2.05) is 0 Å². The van der Waals surface area contributed by atoms with E-state index in [4.69, 9.17) is 15.2 Å². The summed E-state index contributed by atoms with van der Waals surface area (Å²) in [4.78, 5) is 27.6. The van der Waals surface area contributed by atoms with E-state index in [0.29, 0.717) is 12.1 Å². The quantitative estimate of drug-likeness (QED) is 0.491. The Labute approximate surface area is 189 Å². The third-order valence-electron chi connectivity index (χ3n) is 5.88.